The molecule has 4 nitrogen and oxygen atoms in total. The molecule has 1 N–H and O–H groups in total. The lowest BCUT2D eigenvalue weighted by atomic mass is 9.86. The molecule has 0 aromatic carbocycles. The van der Waals surface area contributed by atoms with Crippen molar-refractivity contribution in [3.05, 3.63) is 28.4 Å². The highest BCUT2D eigenvalue weighted by atomic mass is 16.1. The maximum absolute atomic E-state index is 11.7. The summed E-state index contributed by atoms with van der Waals surface area (Å²) in [7, 11) is 0. The van der Waals surface area contributed by atoms with E-state index in [2.05, 4.69) is 38.0 Å². The second-order valence-electron chi connectivity index (χ2n) is 5.94. The topological polar surface area (TPSA) is 46.9 Å². The van der Waals surface area contributed by atoms with Gasteiger partial charge in [-0.05, 0) is 30.9 Å². The fourth-order valence-corrected chi connectivity index (χ4v) is 1.86. The molecule has 1 heterocycles. The molecule has 18 heavy (non-hydrogen) atoms. The highest BCUT2D eigenvalue weighted by molar-refractivity contribution is 5.00. The third kappa shape index (κ3) is 4.26. The van der Waals surface area contributed by atoms with Crippen LogP contribution in [0.15, 0.2) is 17.2 Å². The first-order chi connectivity index (χ1) is 8.34. The Kier molecular flexibility index (Phi) is 5.08. The molecule has 102 valence electrons. The van der Waals surface area contributed by atoms with Crippen LogP contribution in [-0.2, 0) is 6.54 Å². The average Bonchev–Trinajstić information content (AvgIpc) is 2.27. The van der Waals surface area contributed by atoms with E-state index in [9.17, 15) is 4.79 Å². The van der Waals surface area contributed by atoms with E-state index in [-0.39, 0.29) is 17.1 Å². The standard InChI is InChI=1S/C14H25N3O/c1-6-7-15-12(14(3,4)5)10-17-9-11(2)8-16-13(17)18/h8-9,12,15H,6-7,10H2,1-5H3. The Morgan fingerprint density at radius 1 is 1.44 bits per heavy atom. The van der Waals surface area contributed by atoms with Crippen LogP contribution >= 0.6 is 0 Å². The molecule has 0 saturated carbocycles. The van der Waals surface area contributed by atoms with Gasteiger partial charge in [-0.25, -0.2) is 9.78 Å². The van der Waals surface area contributed by atoms with Gasteiger partial charge in [0, 0.05) is 25.0 Å². The maximum atomic E-state index is 11.7. The summed E-state index contributed by atoms with van der Waals surface area (Å²) in [5.74, 6) is 0. The monoisotopic (exact) mass is 251 g/mol. The van der Waals surface area contributed by atoms with E-state index in [1.807, 2.05) is 13.1 Å². The molecule has 0 saturated heterocycles. The van der Waals surface area contributed by atoms with Crippen LogP contribution in [0.2, 0.25) is 0 Å². The Labute approximate surface area is 109 Å². The number of nitrogens with zero attached hydrogens (tertiary/aromatic N) is 2. The maximum Gasteiger partial charge on any atom is 0.347 e. The lowest BCUT2D eigenvalue weighted by molar-refractivity contribution is 0.239. The minimum Gasteiger partial charge on any atom is -0.312 e. The van der Waals surface area contributed by atoms with Gasteiger partial charge in [-0.2, -0.15) is 0 Å². The fraction of sp³-hybridized carbons (Fsp3) is 0.714. The summed E-state index contributed by atoms with van der Waals surface area (Å²) in [6, 6.07) is 0.263. The number of hydrogen-bond acceptors (Lipinski definition) is 3. The zero-order chi connectivity index (χ0) is 13.8. The largest absolute Gasteiger partial charge is 0.347 e. The van der Waals surface area contributed by atoms with E-state index in [0.29, 0.717) is 6.54 Å². The molecule has 0 amide bonds. The first kappa shape index (κ1) is 14.9. The van der Waals surface area contributed by atoms with Gasteiger partial charge in [-0.3, -0.25) is 4.57 Å². The van der Waals surface area contributed by atoms with Gasteiger partial charge < -0.3 is 5.32 Å². The molecule has 1 rings (SSSR count). The van der Waals surface area contributed by atoms with E-state index in [4.69, 9.17) is 0 Å². The summed E-state index contributed by atoms with van der Waals surface area (Å²) in [5, 5.41) is 3.52. The molecule has 1 aromatic heterocycles. The molecule has 0 aliphatic heterocycles. The molecule has 0 spiro atoms. The van der Waals surface area contributed by atoms with Gasteiger partial charge in [0.25, 0.3) is 0 Å². The minimum absolute atomic E-state index is 0.109. The highest BCUT2D eigenvalue weighted by Gasteiger charge is 2.24. The Morgan fingerprint density at radius 3 is 2.67 bits per heavy atom. The van der Waals surface area contributed by atoms with Crippen LogP contribution < -0.4 is 11.0 Å². The van der Waals surface area contributed by atoms with Crippen LogP contribution in [-0.4, -0.2) is 22.1 Å². The summed E-state index contributed by atoms with van der Waals surface area (Å²) in [5.41, 5.74) is 0.948. The number of aromatic nitrogens is 2. The molecule has 0 radical (unpaired) electrons. The quantitative estimate of drug-likeness (QED) is 0.870. The number of rotatable bonds is 5. The molecule has 4 heteroatoms. The Hall–Kier alpha value is -1.16. The van der Waals surface area contributed by atoms with Crippen molar-refractivity contribution in [2.75, 3.05) is 6.54 Å². The van der Waals surface area contributed by atoms with Crippen molar-refractivity contribution in [3.63, 3.8) is 0 Å². The Bertz CT molecular complexity index is 431. The smallest absolute Gasteiger partial charge is 0.312 e. The highest BCUT2D eigenvalue weighted by Crippen LogP contribution is 2.20. The minimum atomic E-state index is -0.173. The molecular weight excluding hydrogens is 226 g/mol. The fourth-order valence-electron chi connectivity index (χ4n) is 1.86. The second kappa shape index (κ2) is 6.14. The number of aryl methyl sites for hydroxylation is 1. The molecule has 1 atom stereocenters. The first-order valence-corrected chi connectivity index (χ1v) is 6.61. The number of hydrogen-bond donors (Lipinski definition) is 1. The molecule has 0 fully saturated rings. The van der Waals surface area contributed by atoms with Crippen LogP contribution in [0.5, 0.6) is 0 Å². The van der Waals surface area contributed by atoms with Crippen LogP contribution in [0.25, 0.3) is 0 Å². The Balaban J connectivity index is 2.89. The molecule has 0 bridgehead atoms. The predicted molar refractivity (Wildman–Crippen MR) is 74.8 cm³/mol. The van der Waals surface area contributed by atoms with Crippen LogP contribution in [0.3, 0.4) is 0 Å². The van der Waals surface area contributed by atoms with E-state index in [0.717, 1.165) is 18.5 Å². The van der Waals surface area contributed by atoms with E-state index in [1.165, 1.54) is 0 Å². The van der Waals surface area contributed by atoms with E-state index in [1.54, 1.807) is 10.8 Å². The average molecular weight is 251 g/mol. The molecular formula is C14H25N3O. The van der Waals surface area contributed by atoms with Crippen molar-refractivity contribution in [3.8, 4) is 0 Å². The Morgan fingerprint density at radius 2 is 2.11 bits per heavy atom. The molecule has 1 unspecified atom stereocenters. The molecule has 0 aliphatic carbocycles. The van der Waals surface area contributed by atoms with Crippen molar-refractivity contribution in [2.24, 2.45) is 5.41 Å². The van der Waals surface area contributed by atoms with Crippen molar-refractivity contribution >= 4 is 0 Å². The lowest BCUT2D eigenvalue weighted by Gasteiger charge is -2.32. The zero-order valence-electron chi connectivity index (χ0n) is 12.2. The zero-order valence-corrected chi connectivity index (χ0v) is 12.2. The van der Waals surface area contributed by atoms with Crippen molar-refractivity contribution < 1.29 is 0 Å². The third-order valence-electron chi connectivity index (χ3n) is 3.05. The van der Waals surface area contributed by atoms with Gasteiger partial charge in [0.05, 0.1) is 0 Å². The van der Waals surface area contributed by atoms with Crippen molar-refractivity contribution in [1.82, 2.24) is 14.9 Å². The summed E-state index contributed by atoms with van der Waals surface area (Å²) < 4.78 is 1.70. The lowest BCUT2D eigenvalue weighted by Crippen LogP contribution is -2.45. The van der Waals surface area contributed by atoms with Gasteiger partial charge in [0.1, 0.15) is 0 Å². The van der Waals surface area contributed by atoms with Gasteiger partial charge in [0.2, 0.25) is 0 Å². The van der Waals surface area contributed by atoms with Gasteiger partial charge in [-0.1, -0.05) is 27.7 Å². The van der Waals surface area contributed by atoms with E-state index < -0.39 is 0 Å². The number of nitrogens with one attached hydrogen (secondary N) is 1. The second-order valence-corrected chi connectivity index (χ2v) is 5.94. The predicted octanol–water partition coefficient (Wildman–Crippen LogP) is 1.97. The molecule has 1 aromatic rings. The normalized spacial score (nSPS) is 13.6. The van der Waals surface area contributed by atoms with Crippen molar-refractivity contribution in [1.29, 1.82) is 0 Å². The third-order valence-corrected chi connectivity index (χ3v) is 3.05. The van der Waals surface area contributed by atoms with Gasteiger partial charge in [-0.15, -0.1) is 0 Å². The van der Waals surface area contributed by atoms with E-state index >= 15 is 0 Å². The van der Waals surface area contributed by atoms with Crippen molar-refractivity contribution in [2.45, 2.75) is 53.6 Å². The summed E-state index contributed by atoms with van der Waals surface area (Å²) >= 11 is 0. The SMILES string of the molecule is CCCNC(Cn1cc(C)cnc1=O)C(C)(C)C. The molecule has 0 aliphatic rings. The van der Waals surface area contributed by atoms with Gasteiger partial charge >= 0.3 is 5.69 Å². The first-order valence-electron chi connectivity index (χ1n) is 6.61. The summed E-state index contributed by atoms with van der Waals surface area (Å²) in [6.07, 6.45) is 4.58. The van der Waals surface area contributed by atoms with Crippen LogP contribution in [0.1, 0.15) is 39.7 Å². The van der Waals surface area contributed by atoms with Crippen LogP contribution in [0.4, 0.5) is 0 Å². The van der Waals surface area contributed by atoms with Gasteiger partial charge in [0.15, 0.2) is 0 Å². The summed E-state index contributed by atoms with van der Waals surface area (Å²) in [6.45, 7) is 12.3. The summed E-state index contributed by atoms with van der Waals surface area (Å²) in [4.78, 5) is 15.6. The van der Waals surface area contributed by atoms with Crippen LogP contribution in [0, 0.1) is 12.3 Å².